The molecule has 3 heterocycles. The molecular weight excluding hydrogens is 360 g/mol. The first kappa shape index (κ1) is 17.7. The molecule has 1 unspecified atom stereocenters. The van der Waals surface area contributed by atoms with E-state index in [4.69, 9.17) is 8.83 Å². The number of carbonyl (C=O) groups is 1. The Morgan fingerprint density at radius 2 is 1.96 bits per heavy atom. The van der Waals surface area contributed by atoms with E-state index >= 15 is 0 Å². The lowest BCUT2D eigenvalue weighted by Crippen LogP contribution is -2.28. The molecule has 0 radical (unpaired) electrons. The lowest BCUT2D eigenvalue weighted by Gasteiger charge is -2.19. The number of rotatable bonds is 5. The SMILES string of the molecule is Cc1ccc(SCC(=O)N2N=C(c3ccco3)CC2c2ccco2)cc1C. The highest BCUT2D eigenvalue weighted by Gasteiger charge is 2.35. The molecule has 0 bridgehead atoms. The highest BCUT2D eigenvalue weighted by molar-refractivity contribution is 8.00. The van der Waals surface area contributed by atoms with Crippen molar-refractivity contribution in [3.05, 3.63) is 77.6 Å². The summed E-state index contributed by atoms with van der Waals surface area (Å²) in [5, 5.41) is 6.08. The van der Waals surface area contributed by atoms with Crippen molar-refractivity contribution in [2.24, 2.45) is 5.10 Å². The standard InChI is InChI=1S/C21H20N2O3S/c1-14-7-8-16(11-15(14)2)27-13-21(24)23-18(20-6-4-10-26-20)12-17(22-23)19-5-3-9-25-19/h3-11,18H,12-13H2,1-2H3. The molecule has 1 atom stereocenters. The average molecular weight is 380 g/mol. The van der Waals surface area contributed by atoms with Crippen LogP contribution in [0.5, 0.6) is 0 Å². The molecule has 1 aliphatic rings. The molecule has 1 aromatic carbocycles. The first-order valence-corrected chi connectivity index (χ1v) is 9.77. The molecule has 138 valence electrons. The number of hydrogen-bond donors (Lipinski definition) is 0. The summed E-state index contributed by atoms with van der Waals surface area (Å²) in [5.74, 6) is 1.67. The molecule has 3 aromatic rings. The van der Waals surface area contributed by atoms with Crippen molar-refractivity contribution in [1.82, 2.24) is 5.01 Å². The zero-order valence-corrected chi connectivity index (χ0v) is 16.0. The van der Waals surface area contributed by atoms with E-state index in [1.165, 1.54) is 27.9 Å². The van der Waals surface area contributed by atoms with Crippen LogP contribution < -0.4 is 0 Å². The van der Waals surface area contributed by atoms with Gasteiger partial charge in [0.05, 0.1) is 18.3 Å². The van der Waals surface area contributed by atoms with Gasteiger partial charge in [-0.15, -0.1) is 11.8 Å². The van der Waals surface area contributed by atoms with Crippen LogP contribution in [0.2, 0.25) is 0 Å². The van der Waals surface area contributed by atoms with Gasteiger partial charge in [0.15, 0.2) is 0 Å². The molecule has 5 nitrogen and oxygen atoms in total. The lowest BCUT2D eigenvalue weighted by atomic mass is 10.1. The minimum absolute atomic E-state index is 0.0545. The Morgan fingerprint density at radius 1 is 1.15 bits per heavy atom. The van der Waals surface area contributed by atoms with Gasteiger partial charge in [0.2, 0.25) is 0 Å². The van der Waals surface area contributed by atoms with E-state index in [2.05, 4.69) is 31.1 Å². The molecule has 1 aliphatic heterocycles. The van der Waals surface area contributed by atoms with Gasteiger partial charge in [-0.1, -0.05) is 6.07 Å². The minimum Gasteiger partial charge on any atom is -0.467 e. The van der Waals surface area contributed by atoms with Crippen LogP contribution in [0.25, 0.3) is 0 Å². The van der Waals surface area contributed by atoms with Crippen molar-refractivity contribution in [3.63, 3.8) is 0 Å². The Hall–Kier alpha value is -2.73. The summed E-state index contributed by atoms with van der Waals surface area (Å²) in [4.78, 5) is 14.0. The van der Waals surface area contributed by atoms with Crippen molar-refractivity contribution < 1.29 is 13.6 Å². The fourth-order valence-corrected chi connectivity index (χ4v) is 3.90. The second kappa shape index (κ2) is 7.48. The summed E-state index contributed by atoms with van der Waals surface area (Å²) in [6, 6.07) is 13.4. The van der Waals surface area contributed by atoms with Crippen LogP contribution in [0.1, 0.15) is 35.1 Å². The molecular formula is C21H20N2O3S. The maximum atomic E-state index is 12.9. The molecule has 0 spiro atoms. The van der Waals surface area contributed by atoms with Crippen molar-refractivity contribution in [1.29, 1.82) is 0 Å². The van der Waals surface area contributed by atoms with Gasteiger partial charge in [0, 0.05) is 11.3 Å². The molecule has 0 fully saturated rings. The van der Waals surface area contributed by atoms with Gasteiger partial charge in [0.25, 0.3) is 5.91 Å². The summed E-state index contributed by atoms with van der Waals surface area (Å²) >= 11 is 1.52. The topological polar surface area (TPSA) is 59.0 Å². The second-order valence-electron chi connectivity index (χ2n) is 6.53. The summed E-state index contributed by atoms with van der Waals surface area (Å²) in [6.45, 7) is 4.16. The number of amides is 1. The van der Waals surface area contributed by atoms with Gasteiger partial charge in [-0.25, -0.2) is 5.01 Å². The summed E-state index contributed by atoms with van der Waals surface area (Å²) in [6.07, 6.45) is 3.80. The molecule has 2 aromatic heterocycles. The van der Waals surface area contributed by atoms with Crippen LogP contribution in [0.15, 0.2) is 73.8 Å². The summed E-state index contributed by atoms with van der Waals surface area (Å²) < 4.78 is 11.0. The van der Waals surface area contributed by atoms with Gasteiger partial charge in [0.1, 0.15) is 23.3 Å². The smallest absolute Gasteiger partial charge is 0.253 e. The number of aryl methyl sites for hydroxylation is 2. The van der Waals surface area contributed by atoms with Gasteiger partial charge >= 0.3 is 0 Å². The third-order valence-electron chi connectivity index (χ3n) is 4.68. The molecule has 0 saturated heterocycles. The first-order chi connectivity index (χ1) is 13.1. The number of nitrogens with zero attached hydrogens (tertiary/aromatic N) is 2. The van der Waals surface area contributed by atoms with E-state index in [1.54, 1.807) is 12.5 Å². The molecule has 0 N–H and O–H groups in total. The van der Waals surface area contributed by atoms with E-state index in [9.17, 15) is 4.79 Å². The highest BCUT2D eigenvalue weighted by atomic mass is 32.2. The van der Waals surface area contributed by atoms with Gasteiger partial charge in [-0.3, -0.25) is 4.79 Å². The number of thioether (sulfide) groups is 1. The number of carbonyl (C=O) groups excluding carboxylic acids is 1. The Balaban J connectivity index is 1.52. The Morgan fingerprint density at radius 3 is 2.67 bits per heavy atom. The zero-order chi connectivity index (χ0) is 18.8. The Labute approximate surface area is 162 Å². The molecule has 27 heavy (non-hydrogen) atoms. The van der Waals surface area contributed by atoms with E-state index in [-0.39, 0.29) is 11.9 Å². The largest absolute Gasteiger partial charge is 0.467 e. The van der Waals surface area contributed by atoms with Gasteiger partial charge in [-0.2, -0.15) is 5.10 Å². The number of hydrazone groups is 1. The third-order valence-corrected chi connectivity index (χ3v) is 5.66. The van der Waals surface area contributed by atoms with Crippen LogP contribution in [0.3, 0.4) is 0 Å². The average Bonchev–Trinajstić information content (AvgIpc) is 3.41. The van der Waals surface area contributed by atoms with Gasteiger partial charge in [-0.05, 0) is 61.4 Å². The molecule has 6 heteroatoms. The molecule has 1 amide bonds. The Bertz CT molecular complexity index is 961. The summed E-state index contributed by atoms with van der Waals surface area (Å²) in [5.41, 5.74) is 3.22. The van der Waals surface area contributed by atoms with Crippen molar-refractivity contribution in [2.45, 2.75) is 31.2 Å². The van der Waals surface area contributed by atoms with E-state index in [1.807, 2.05) is 30.3 Å². The maximum Gasteiger partial charge on any atom is 0.253 e. The van der Waals surface area contributed by atoms with E-state index in [0.717, 1.165) is 16.4 Å². The van der Waals surface area contributed by atoms with Crippen LogP contribution in [0, 0.1) is 13.8 Å². The lowest BCUT2D eigenvalue weighted by molar-refractivity contribution is -0.130. The number of hydrogen-bond acceptors (Lipinski definition) is 5. The van der Waals surface area contributed by atoms with E-state index < -0.39 is 0 Å². The summed E-state index contributed by atoms with van der Waals surface area (Å²) in [7, 11) is 0. The highest BCUT2D eigenvalue weighted by Crippen LogP contribution is 2.34. The van der Waals surface area contributed by atoms with Crippen LogP contribution in [-0.4, -0.2) is 22.4 Å². The molecule has 0 aliphatic carbocycles. The zero-order valence-electron chi connectivity index (χ0n) is 15.2. The fraction of sp³-hybridized carbons (Fsp3) is 0.238. The quantitative estimate of drug-likeness (QED) is 0.587. The second-order valence-corrected chi connectivity index (χ2v) is 7.58. The van der Waals surface area contributed by atoms with Crippen molar-refractivity contribution in [2.75, 3.05) is 5.75 Å². The Kier molecular flexibility index (Phi) is 4.90. The normalized spacial score (nSPS) is 16.6. The van der Waals surface area contributed by atoms with Crippen LogP contribution >= 0.6 is 11.8 Å². The predicted molar refractivity (Wildman–Crippen MR) is 105 cm³/mol. The monoisotopic (exact) mass is 380 g/mol. The third kappa shape index (κ3) is 3.71. The predicted octanol–water partition coefficient (Wildman–Crippen LogP) is 4.96. The molecule has 4 rings (SSSR count). The van der Waals surface area contributed by atoms with Crippen LogP contribution in [0.4, 0.5) is 0 Å². The van der Waals surface area contributed by atoms with Gasteiger partial charge < -0.3 is 8.83 Å². The van der Waals surface area contributed by atoms with Crippen LogP contribution in [-0.2, 0) is 4.79 Å². The first-order valence-electron chi connectivity index (χ1n) is 8.78. The molecule has 0 saturated carbocycles. The van der Waals surface area contributed by atoms with E-state index in [0.29, 0.717) is 17.9 Å². The number of benzene rings is 1. The fourth-order valence-electron chi connectivity index (χ4n) is 3.05. The van der Waals surface area contributed by atoms with Crippen molar-refractivity contribution >= 4 is 23.4 Å². The van der Waals surface area contributed by atoms with Crippen molar-refractivity contribution in [3.8, 4) is 0 Å². The minimum atomic E-state index is -0.243. The maximum absolute atomic E-state index is 12.9. The number of furan rings is 2.